The Bertz CT molecular complexity index is 512. The highest BCUT2D eigenvalue weighted by Crippen LogP contribution is 2.32. The van der Waals surface area contributed by atoms with Gasteiger partial charge in [-0.3, -0.25) is 4.79 Å². The van der Waals surface area contributed by atoms with Gasteiger partial charge in [0, 0.05) is 5.56 Å². The van der Waals surface area contributed by atoms with E-state index in [0.29, 0.717) is 5.75 Å². The number of rotatable bonds is 6. The quantitative estimate of drug-likeness (QED) is 0.311. The van der Waals surface area contributed by atoms with E-state index in [0.717, 1.165) is 18.4 Å². The second-order valence-corrected chi connectivity index (χ2v) is 4.90. The molecule has 4 N–H and O–H groups in total. The van der Waals surface area contributed by atoms with E-state index in [9.17, 15) is 4.79 Å². The van der Waals surface area contributed by atoms with E-state index in [2.05, 4.69) is 10.5 Å². The average Bonchev–Trinajstić information content (AvgIpc) is 3.29. The minimum Gasteiger partial charge on any atom is -0.496 e. The fraction of sp³-hybridized carbons (Fsp3) is 0.429. The van der Waals surface area contributed by atoms with Crippen molar-refractivity contribution in [3.05, 3.63) is 29.8 Å². The Morgan fingerprint density at radius 3 is 2.85 bits per heavy atom. The number of nitrogens with one attached hydrogen (secondary N) is 1. The summed E-state index contributed by atoms with van der Waals surface area (Å²) in [7, 11) is 1.57. The van der Waals surface area contributed by atoms with Gasteiger partial charge in [-0.05, 0) is 24.8 Å². The first-order chi connectivity index (χ1) is 9.65. The molecule has 108 valence electrons. The first-order valence-electron chi connectivity index (χ1n) is 6.54. The van der Waals surface area contributed by atoms with Crippen LogP contribution in [0.15, 0.2) is 29.4 Å². The van der Waals surface area contributed by atoms with Gasteiger partial charge in [-0.1, -0.05) is 23.4 Å². The van der Waals surface area contributed by atoms with Gasteiger partial charge in [-0.25, -0.2) is 0 Å². The molecule has 2 rings (SSSR count). The van der Waals surface area contributed by atoms with Crippen molar-refractivity contribution in [1.82, 2.24) is 5.32 Å². The molecule has 1 aromatic carbocycles. The van der Waals surface area contributed by atoms with Gasteiger partial charge in [0.05, 0.1) is 19.6 Å². The summed E-state index contributed by atoms with van der Waals surface area (Å²) >= 11 is 0. The van der Waals surface area contributed by atoms with Crippen molar-refractivity contribution in [2.75, 3.05) is 7.11 Å². The number of amides is 1. The van der Waals surface area contributed by atoms with Crippen LogP contribution in [0.4, 0.5) is 0 Å². The maximum Gasteiger partial charge on any atom is 0.225 e. The van der Waals surface area contributed by atoms with Crippen LogP contribution in [-0.2, 0) is 11.2 Å². The fourth-order valence-electron chi connectivity index (χ4n) is 2.17. The first-order valence-corrected chi connectivity index (χ1v) is 6.54. The number of methoxy groups -OCH3 is 1. The molecule has 20 heavy (non-hydrogen) atoms. The molecule has 0 spiro atoms. The Morgan fingerprint density at radius 1 is 1.55 bits per heavy atom. The van der Waals surface area contributed by atoms with Gasteiger partial charge in [0.15, 0.2) is 5.84 Å². The molecule has 1 saturated carbocycles. The number of ether oxygens (including phenoxy) is 1. The van der Waals surface area contributed by atoms with Crippen LogP contribution in [0.5, 0.6) is 5.75 Å². The van der Waals surface area contributed by atoms with Crippen LogP contribution in [-0.4, -0.2) is 30.1 Å². The molecule has 1 aromatic rings. The normalized spacial score (nSPS) is 16.6. The lowest BCUT2D eigenvalue weighted by atomic mass is 10.1. The van der Waals surface area contributed by atoms with Gasteiger partial charge in [-0.15, -0.1) is 0 Å². The molecule has 1 atom stereocenters. The molecule has 1 fully saturated rings. The predicted octanol–water partition coefficient (Wildman–Crippen LogP) is 0.879. The molecular weight excluding hydrogens is 258 g/mol. The summed E-state index contributed by atoms with van der Waals surface area (Å²) in [6.45, 7) is 0. The highest BCUT2D eigenvalue weighted by atomic mass is 16.5. The van der Waals surface area contributed by atoms with Crippen molar-refractivity contribution < 1.29 is 14.7 Å². The molecule has 1 amide bonds. The van der Waals surface area contributed by atoms with Crippen molar-refractivity contribution in [2.24, 2.45) is 16.8 Å². The molecule has 0 radical (unpaired) electrons. The van der Waals surface area contributed by atoms with Gasteiger partial charge >= 0.3 is 0 Å². The molecule has 1 unspecified atom stereocenters. The molecule has 0 saturated heterocycles. The third-order valence-electron chi connectivity index (χ3n) is 3.39. The monoisotopic (exact) mass is 277 g/mol. The van der Waals surface area contributed by atoms with Crippen LogP contribution in [0.25, 0.3) is 0 Å². The van der Waals surface area contributed by atoms with Gasteiger partial charge in [-0.2, -0.15) is 0 Å². The lowest BCUT2D eigenvalue weighted by Gasteiger charge is -2.17. The highest BCUT2D eigenvalue weighted by molar-refractivity contribution is 5.91. The summed E-state index contributed by atoms with van der Waals surface area (Å²) in [5, 5.41) is 14.6. The number of carbonyl (C=O) groups excluding carboxylic acids is 1. The number of amidine groups is 1. The summed E-state index contributed by atoms with van der Waals surface area (Å²) in [5.41, 5.74) is 6.42. The van der Waals surface area contributed by atoms with Crippen molar-refractivity contribution in [3.63, 3.8) is 0 Å². The van der Waals surface area contributed by atoms with E-state index >= 15 is 0 Å². The van der Waals surface area contributed by atoms with Gasteiger partial charge in [0.1, 0.15) is 5.75 Å². The van der Waals surface area contributed by atoms with E-state index in [1.807, 2.05) is 24.3 Å². The zero-order valence-corrected chi connectivity index (χ0v) is 11.4. The molecule has 1 aliphatic carbocycles. The summed E-state index contributed by atoms with van der Waals surface area (Å²) in [5.74, 6) is 0.834. The summed E-state index contributed by atoms with van der Waals surface area (Å²) in [4.78, 5) is 12.1. The largest absolute Gasteiger partial charge is 0.496 e. The van der Waals surface area contributed by atoms with E-state index in [4.69, 9.17) is 15.7 Å². The van der Waals surface area contributed by atoms with Crippen LogP contribution < -0.4 is 15.8 Å². The van der Waals surface area contributed by atoms with E-state index in [-0.39, 0.29) is 30.1 Å². The van der Waals surface area contributed by atoms with Crippen LogP contribution in [0.2, 0.25) is 0 Å². The topological polar surface area (TPSA) is 96.9 Å². The minimum absolute atomic E-state index is 0.0564. The standard InChI is InChI=1S/C14H19N3O3/c1-20-11-5-3-2-4-10(11)8-12(18)16-13(9-6-7-9)14(15)17-19/h2-5,9,13,19H,6-8H2,1H3,(H2,15,17)(H,16,18). The van der Waals surface area contributed by atoms with Crippen molar-refractivity contribution in [2.45, 2.75) is 25.3 Å². The van der Waals surface area contributed by atoms with Crippen LogP contribution in [0, 0.1) is 5.92 Å². The summed E-state index contributed by atoms with van der Waals surface area (Å²) in [6.07, 6.45) is 2.16. The number of carbonyl (C=O) groups is 1. The molecule has 6 nitrogen and oxygen atoms in total. The number of nitrogens with two attached hydrogens (primary N) is 1. The Kier molecular flexibility index (Phi) is 4.45. The number of hydrogen-bond donors (Lipinski definition) is 3. The Labute approximate surface area is 117 Å². The van der Waals surface area contributed by atoms with Crippen LogP contribution in [0.1, 0.15) is 18.4 Å². The Balaban J connectivity index is 2.01. The molecule has 0 aromatic heterocycles. The molecule has 0 aliphatic heterocycles. The van der Waals surface area contributed by atoms with Crippen molar-refractivity contribution in [1.29, 1.82) is 0 Å². The average molecular weight is 277 g/mol. The Morgan fingerprint density at radius 2 is 2.25 bits per heavy atom. The lowest BCUT2D eigenvalue weighted by Crippen LogP contribution is -2.46. The number of nitrogens with zero attached hydrogens (tertiary/aromatic N) is 1. The molecular formula is C14H19N3O3. The number of para-hydroxylation sites is 1. The second-order valence-electron chi connectivity index (χ2n) is 4.90. The maximum absolute atomic E-state index is 12.1. The fourth-order valence-corrected chi connectivity index (χ4v) is 2.17. The Hall–Kier alpha value is -2.24. The summed E-state index contributed by atoms with van der Waals surface area (Å²) < 4.78 is 5.21. The number of benzene rings is 1. The number of hydrogen-bond acceptors (Lipinski definition) is 4. The van der Waals surface area contributed by atoms with E-state index in [1.54, 1.807) is 7.11 Å². The lowest BCUT2D eigenvalue weighted by molar-refractivity contribution is -0.120. The van der Waals surface area contributed by atoms with Gasteiger partial charge < -0.3 is 21.0 Å². The van der Waals surface area contributed by atoms with E-state index in [1.165, 1.54) is 0 Å². The zero-order chi connectivity index (χ0) is 14.5. The third-order valence-corrected chi connectivity index (χ3v) is 3.39. The minimum atomic E-state index is -0.387. The molecule has 6 heteroatoms. The predicted molar refractivity (Wildman–Crippen MR) is 74.8 cm³/mol. The smallest absolute Gasteiger partial charge is 0.225 e. The van der Waals surface area contributed by atoms with E-state index < -0.39 is 0 Å². The van der Waals surface area contributed by atoms with Gasteiger partial charge in [0.2, 0.25) is 5.91 Å². The van der Waals surface area contributed by atoms with Crippen molar-refractivity contribution in [3.8, 4) is 5.75 Å². The zero-order valence-electron chi connectivity index (χ0n) is 11.4. The van der Waals surface area contributed by atoms with Crippen LogP contribution >= 0.6 is 0 Å². The molecule has 0 heterocycles. The number of oxime groups is 1. The highest BCUT2D eigenvalue weighted by Gasteiger charge is 2.35. The van der Waals surface area contributed by atoms with Gasteiger partial charge in [0.25, 0.3) is 0 Å². The van der Waals surface area contributed by atoms with Crippen molar-refractivity contribution >= 4 is 11.7 Å². The van der Waals surface area contributed by atoms with Crippen LogP contribution in [0.3, 0.4) is 0 Å². The molecule has 0 bridgehead atoms. The SMILES string of the molecule is COc1ccccc1CC(=O)NC(C(N)=NO)C1CC1. The first kappa shape index (κ1) is 14.2. The maximum atomic E-state index is 12.1. The molecule has 1 aliphatic rings. The second kappa shape index (κ2) is 6.27. The third kappa shape index (κ3) is 3.40. The summed E-state index contributed by atoms with van der Waals surface area (Å²) in [6, 6.07) is 6.97.